The number of amides is 6. The van der Waals surface area contributed by atoms with Gasteiger partial charge in [0.05, 0.1) is 31.5 Å². The van der Waals surface area contributed by atoms with Gasteiger partial charge in [-0.2, -0.15) is 20.0 Å². The zero-order valence-electron chi connectivity index (χ0n) is 36.7. The Morgan fingerprint density at radius 1 is 0.536 bits per heavy atom. The Kier molecular flexibility index (Phi) is 13.8. The Bertz CT molecular complexity index is 3230. The van der Waals surface area contributed by atoms with E-state index in [1.54, 1.807) is 24.3 Å². The van der Waals surface area contributed by atoms with E-state index in [9.17, 15) is 19.2 Å². The molecular weight excluding hydrogens is 1060 g/mol. The van der Waals surface area contributed by atoms with Gasteiger partial charge in [0.25, 0.3) is 0 Å². The van der Waals surface area contributed by atoms with Gasteiger partial charge in [-0.05, 0) is 119 Å². The highest BCUT2D eigenvalue weighted by Crippen LogP contribution is 2.48. The molecule has 344 valence electrons. The average Bonchev–Trinajstić information content (AvgIpc) is 3.95. The Morgan fingerprint density at radius 2 is 0.942 bits per heavy atom. The molecule has 69 heavy (non-hydrogen) atoms. The van der Waals surface area contributed by atoms with Gasteiger partial charge in [-0.1, -0.05) is 140 Å². The third-order valence-corrected chi connectivity index (χ3v) is 16.5. The van der Waals surface area contributed by atoms with Crippen LogP contribution in [-0.2, 0) is 9.59 Å². The van der Waals surface area contributed by atoms with E-state index in [1.165, 1.54) is 11.8 Å². The van der Waals surface area contributed by atoms with E-state index < -0.39 is 12.1 Å². The predicted molar refractivity (Wildman–Crippen MR) is 277 cm³/mol. The molecule has 0 aliphatic carbocycles. The number of fused-ring (bicyclic) bond motifs is 2. The molecule has 4 aliphatic rings. The minimum absolute atomic E-state index is 0.0973. The van der Waals surface area contributed by atoms with Gasteiger partial charge >= 0.3 is 12.1 Å². The standard InChI is InChI=1S/C54H40Br2Cl2N6O4S/c55-39-11-3-1-7-37(39)47-33(17-21-45(65)63-27-23-31(24-28-63)35-9-5-13-41-51(35)61-53(67)59-41)15-19-43(49(47)57)69-44-20-16-34(48(50(44)58)38-8-2-4-12-40(38)56)18-22-46(66)64-29-25-32(26-30-64)36-10-6-14-42-52(36)62-54(68)60-42/h1-22,31-32H,23-30H2/b21-17+,22-18+. The number of likely N-dealkylation sites (tertiary alicyclic amines) is 2. The number of urea groups is 2. The van der Waals surface area contributed by atoms with Crippen molar-refractivity contribution in [2.45, 2.75) is 47.3 Å². The van der Waals surface area contributed by atoms with E-state index in [4.69, 9.17) is 23.2 Å². The average molecular weight is 1100 g/mol. The maximum atomic E-state index is 13.7. The van der Waals surface area contributed by atoms with Crippen LogP contribution in [0.5, 0.6) is 0 Å². The third-order valence-electron chi connectivity index (χ3n) is 13.0. The molecule has 2 fully saturated rings. The van der Waals surface area contributed by atoms with Crippen molar-refractivity contribution in [2.24, 2.45) is 20.0 Å². The SMILES string of the molecule is O=C1N=c2cccc(C3CCN(C(=O)/C=C/c4ccc(Sc5ccc(/C=C/C(=O)N6CCC(c7cccc8c7=NC(=O)N=8)CC6)c(-c6ccccc6Br)c5Cl)c(Cl)c4-c4ccccc4Br)CC3)c2=N1. The van der Waals surface area contributed by atoms with Crippen LogP contribution in [0, 0.1) is 0 Å². The molecule has 6 aromatic rings. The summed E-state index contributed by atoms with van der Waals surface area (Å²) in [6, 6.07) is 34.0. The van der Waals surface area contributed by atoms with Gasteiger partial charge in [0.2, 0.25) is 11.8 Å². The van der Waals surface area contributed by atoms with Crippen molar-refractivity contribution in [3.8, 4) is 22.3 Å². The summed E-state index contributed by atoms with van der Waals surface area (Å²) in [5.41, 5.74) is 6.81. The highest BCUT2D eigenvalue weighted by Gasteiger charge is 2.28. The van der Waals surface area contributed by atoms with E-state index in [0.29, 0.717) is 57.7 Å². The number of para-hydroxylation sites is 2. The van der Waals surface area contributed by atoms with Gasteiger partial charge in [0.1, 0.15) is 0 Å². The summed E-state index contributed by atoms with van der Waals surface area (Å²) in [5.74, 6) is 0.150. The fraction of sp³-hybridized carbons (Fsp3) is 0.185. The number of piperidine rings is 2. The van der Waals surface area contributed by atoms with Crippen molar-refractivity contribution in [1.29, 1.82) is 0 Å². The van der Waals surface area contributed by atoms with E-state index in [0.717, 1.165) is 88.9 Å². The Labute approximate surface area is 428 Å². The molecule has 6 aromatic carbocycles. The Morgan fingerprint density at radius 3 is 1.35 bits per heavy atom. The first-order chi connectivity index (χ1) is 33.5. The second-order valence-corrected chi connectivity index (χ2v) is 20.6. The summed E-state index contributed by atoms with van der Waals surface area (Å²) in [5, 5.41) is 3.53. The van der Waals surface area contributed by atoms with Crippen molar-refractivity contribution in [3.63, 3.8) is 0 Å². The molecule has 0 aromatic heterocycles. The number of hydrogen-bond acceptors (Lipinski definition) is 5. The Balaban J connectivity index is 0.888. The van der Waals surface area contributed by atoms with Gasteiger partial charge in [0, 0.05) is 68.2 Å². The number of benzene rings is 6. The predicted octanol–water partition coefficient (Wildman–Crippen LogP) is 11.6. The zero-order valence-corrected chi connectivity index (χ0v) is 42.2. The summed E-state index contributed by atoms with van der Waals surface area (Å²) < 4.78 is 1.69. The molecule has 4 heterocycles. The molecule has 6 amide bonds. The van der Waals surface area contributed by atoms with Crippen LogP contribution in [0.15, 0.2) is 160 Å². The molecule has 10 rings (SSSR count). The molecule has 15 heteroatoms. The molecule has 4 aliphatic heterocycles. The number of carbonyl (C=O) groups is 4. The van der Waals surface area contributed by atoms with E-state index in [2.05, 4.69) is 51.8 Å². The molecule has 0 unspecified atom stereocenters. The molecule has 2 saturated heterocycles. The largest absolute Gasteiger partial charge is 0.368 e. The van der Waals surface area contributed by atoms with Crippen LogP contribution in [-0.4, -0.2) is 59.9 Å². The van der Waals surface area contributed by atoms with E-state index in [1.807, 2.05) is 119 Å². The lowest BCUT2D eigenvalue weighted by molar-refractivity contribution is -0.127. The summed E-state index contributed by atoms with van der Waals surface area (Å²) in [7, 11) is 0. The highest BCUT2D eigenvalue weighted by atomic mass is 79.9. The number of nitrogens with zero attached hydrogens (tertiary/aromatic N) is 6. The summed E-state index contributed by atoms with van der Waals surface area (Å²) in [6.45, 7) is 2.27. The van der Waals surface area contributed by atoms with Crippen molar-refractivity contribution < 1.29 is 19.2 Å². The van der Waals surface area contributed by atoms with Crippen molar-refractivity contribution in [3.05, 3.63) is 184 Å². The summed E-state index contributed by atoms with van der Waals surface area (Å²) >= 11 is 23.8. The lowest BCUT2D eigenvalue weighted by atomic mass is 9.89. The normalized spacial score (nSPS) is 16.1. The number of halogens is 4. The molecule has 0 N–H and O–H groups in total. The van der Waals surface area contributed by atoms with Gasteiger partial charge in [-0.15, -0.1) is 0 Å². The molecule has 0 bridgehead atoms. The fourth-order valence-corrected chi connectivity index (χ4v) is 12.2. The molecular formula is C54H40Br2Cl2N6O4S. The minimum Gasteiger partial charge on any atom is -0.339 e. The van der Waals surface area contributed by atoms with E-state index in [-0.39, 0.29) is 23.7 Å². The first-order valence-electron chi connectivity index (χ1n) is 22.5. The quantitative estimate of drug-likeness (QED) is 0.126. The Hall–Kier alpha value is -5.83. The minimum atomic E-state index is -0.473. The fourth-order valence-electron chi connectivity index (χ4n) is 9.56. The zero-order chi connectivity index (χ0) is 47.8. The van der Waals surface area contributed by atoms with Crippen molar-refractivity contribution in [2.75, 3.05) is 26.2 Å². The third kappa shape index (κ3) is 9.72. The smallest absolute Gasteiger partial charge is 0.339 e. The topological polar surface area (TPSA) is 124 Å². The van der Waals surface area contributed by atoms with Gasteiger partial charge in [-0.25, -0.2) is 9.59 Å². The first kappa shape index (κ1) is 46.9. The van der Waals surface area contributed by atoms with Gasteiger partial charge in [-0.3, -0.25) is 9.59 Å². The van der Waals surface area contributed by atoms with Crippen molar-refractivity contribution >= 4 is 103 Å². The summed E-state index contributed by atoms with van der Waals surface area (Å²) in [6.07, 6.45) is 9.86. The number of carbonyl (C=O) groups excluding carboxylic acids is 4. The lowest BCUT2D eigenvalue weighted by Gasteiger charge is -2.31. The molecule has 0 saturated carbocycles. The van der Waals surface area contributed by atoms with Crippen LogP contribution in [0.2, 0.25) is 10.0 Å². The number of rotatable bonds is 10. The maximum absolute atomic E-state index is 13.7. The summed E-state index contributed by atoms with van der Waals surface area (Å²) in [4.78, 5) is 72.8. The van der Waals surface area contributed by atoms with Gasteiger partial charge in [0.15, 0.2) is 0 Å². The lowest BCUT2D eigenvalue weighted by Crippen LogP contribution is -2.38. The van der Waals surface area contributed by atoms with Crippen LogP contribution in [0.25, 0.3) is 34.4 Å². The molecule has 10 nitrogen and oxygen atoms in total. The molecule has 0 atom stereocenters. The van der Waals surface area contributed by atoms with E-state index >= 15 is 0 Å². The first-order valence-corrected chi connectivity index (χ1v) is 25.6. The van der Waals surface area contributed by atoms with Crippen LogP contribution in [0.1, 0.15) is 59.8 Å². The van der Waals surface area contributed by atoms with Crippen LogP contribution >= 0.6 is 66.8 Å². The van der Waals surface area contributed by atoms with Crippen LogP contribution in [0.4, 0.5) is 9.59 Å². The van der Waals surface area contributed by atoms with Crippen LogP contribution in [0.3, 0.4) is 0 Å². The highest BCUT2D eigenvalue weighted by molar-refractivity contribution is 9.11. The molecule has 0 spiro atoms. The van der Waals surface area contributed by atoms with Crippen molar-refractivity contribution in [1.82, 2.24) is 9.80 Å². The number of hydrogen-bond donors (Lipinski definition) is 0. The van der Waals surface area contributed by atoms with Crippen LogP contribution < -0.4 is 21.4 Å². The monoisotopic (exact) mass is 1100 g/mol. The maximum Gasteiger partial charge on any atom is 0.368 e. The van der Waals surface area contributed by atoms with Gasteiger partial charge < -0.3 is 9.80 Å². The second-order valence-electron chi connectivity index (χ2n) is 17.1. The molecule has 0 radical (unpaired) electrons. The second kappa shape index (κ2) is 20.3.